The van der Waals surface area contributed by atoms with E-state index in [1.807, 2.05) is 6.08 Å². The molecule has 3 heterocycles. The van der Waals surface area contributed by atoms with Crippen molar-refractivity contribution in [3.8, 4) is 0 Å². The van der Waals surface area contributed by atoms with Gasteiger partial charge in [-0.15, -0.1) is 0 Å². The summed E-state index contributed by atoms with van der Waals surface area (Å²) in [6.45, 7) is 2.02. The third-order valence-corrected chi connectivity index (χ3v) is 9.08. The van der Waals surface area contributed by atoms with Gasteiger partial charge in [-0.1, -0.05) is 12.2 Å². The Balaban J connectivity index is 0.000000160. The molecule has 0 unspecified atom stereocenters. The summed E-state index contributed by atoms with van der Waals surface area (Å²) in [5.41, 5.74) is 5.53. The van der Waals surface area contributed by atoms with Crippen molar-refractivity contribution in [2.24, 2.45) is 0 Å². The number of hydrogen-bond donors (Lipinski definition) is 0. The lowest BCUT2D eigenvalue weighted by atomic mass is 9.86. The van der Waals surface area contributed by atoms with Crippen LogP contribution in [0.2, 0.25) is 0 Å². The van der Waals surface area contributed by atoms with Gasteiger partial charge in [-0.2, -0.15) is 0 Å². The van der Waals surface area contributed by atoms with Gasteiger partial charge in [0.25, 0.3) is 23.2 Å². The van der Waals surface area contributed by atoms with Gasteiger partial charge in [-0.25, -0.2) is 0 Å². The molecule has 13 heteroatoms. The first-order chi connectivity index (χ1) is 21.5. The summed E-state index contributed by atoms with van der Waals surface area (Å²) < 4.78 is 11.4. The first kappa shape index (κ1) is 30.3. The molecule has 0 aromatic heterocycles. The van der Waals surface area contributed by atoms with Gasteiger partial charge in [0.05, 0.1) is 23.1 Å². The highest BCUT2D eigenvalue weighted by molar-refractivity contribution is 6.04. The second kappa shape index (κ2) is 11.6. The van der Waals surface area contributed by atoms with E-state index in [1.165, 1.54) is 21.9 Å². The van der Waals surface area contributed by atoms with Gasteiger partial charge in [0, 0.05) is 65.0 Å². The molecule has 1 spiro atoms. The monoisotopic (exact) mass is 616 g/mol. The summed E-state index contributed by atoms with van der Waals surface area (Å²) in [6.07, 6.45) is 7.65. The Bertz CT molecular complexity index is 1720. The molecule has 3 aliphatic heterocycles. The van der Waals surface area contributed by atoms with Crippen molar-refractivity contribution >= 4 is 40.1 Å². The number of nitro groups is 2. The van der Waals surface area contributed by atoms with E-state index in [9.17, 15) is 34.6 Å². The van der Waals surface area contributed by atoms with Crippen molar-refractivity contribution in [3.63, 3.8) is 0 Å². The van der Waals surface area contributed by atoms with Crippen LogP contribution in [0, 0.1) is 20.2 Å². The van der Waals surface area contributed by atoms with Gasteiger partial charge >= 0.3 is 0 Å². The highest BCUT2D eigenvalue weighted by Gasteiger charge is 2.40. The minimum absolute atomic E-state index is 0.113. The molecule has 1 saturated heterocycles. The van der Waals surface area contributed by atoms with Gasteiger partial charge in [0.2, 0.25) is 0 Å². The van der Waals surface area contributed by atoms with E-state index in [0.717, 1.165) is 40.7 Å². The van der Waals surface area contributed by atoms with Crippen molar-refractivity contribution in [1.29, 1.82) is 0 Å². The molecule has 2 aromatic rings. The van der Waals surface area contributed by atoms with Gasteiger partial charge < -0.3 is 19.3 Å². The van der Waals surface area contributed by atoms with Crippen LogP contribution in [-0.4, -0.2) is 70.3 Å². The summed E-state index contributed by atoms with van der Waals surface area (Å²) in [4.78, 5) is 60.2. The third kappa shape index (κ3) is 5.42. The summed E-state index contributed by atoms with van der Waals surface area (Å²) >= 11 is 0. The average Bonchev–Trinajstić information content (AvgIpc) is 3.69. The van der Waals surface area contributed by atoms with E-state index < -0.39 is 15.6 Å². The summed E-state index contributed by atoms with van der Waals surface area (Å²) in [5, 5.41) is 22.4. The molecule has 0 radical (unpaired) electrons. The van der Waals surface area contributed by atoms with Gasteiger partial charge in [0.15, 0.2) is 5.79 Å². The van der Waals surface area contributed by atoms with Crippen LogP contribution < -0.4 is 0 Å². The minimum Gasteiger partial charge on any atom is -0.347 e. The third-order valence-electron chi connectivity index (χ3n) is 9.08. The van der Waals surface area contributed by atoms with Crippen LogP contribution in [0.4, 0.5) is 11.4 Å². The fourth-order valence-electron chi connectivity index (χ4n) is 6.75. The molecular weight excluding hydrogens is 584 g/mol. The molecule has 0 atom stereocenters. The summed E-state index contributed by atoms with van der Waals surface area (Å²) in [7, 11) is 3.30. The van der Waals surface area contributed by atoms with Crippen molar-refractivity contribution in [2.75, 3.05) is 27.3 Å². The summed E-state index contributed by atoms with van der Waals surface area (Å²) in [5.74, 6) is -0.898. The Hall–Kier alpha value is -4.75. The highest BCUT2D eigenvalue weighted by atomic mass is 16.7. The number of carbonyl (C=O) groups is 3. The Labute approximate surface area is 258 Å². The standard InChI is InChI=1S/C17H18N2O5.C15H14N2O4/c1-18-10-13-12(2-3-14(19(21)22)15(13)16(18)20)11-4-6-17(7-5-11)23-8-9-24-17;1-16-8-12-11(9-2-4-10(18)5-3-9)6-7-13(17(20)21)14(12)15(16)19/h2-4H,5-10H2,1H3;2,6-7H,3-5,8H2,1H3. The number of allylic oxidation sites excluding steroid dienone is 3. The first-order valence-electron chi connectivity index (χ1n) is 14.8. The number of ether oxygens (including phenoxy) is 2. The molecule has 2 amide bonds. The highest BCUT2D eigenvalue weighted by Crippen LogP contribution is 2.42. The molecule has 7 rings (SSSR count). The van der Waals surface area contributed by atoms with Crippen LogP contribution in [0.15, 0.2) is 36.4 Å². The van der Waals surface area contributed by atoms with Crippen molar-refractivity contribution in [3.05, 3.63) is 90.0 Å². The normalized spacial score (nSPS) is 20.0. The van der Waals surface area contributed by atoms with Crippen molar-refractivity contribution < 1.29 is 33.7 Å². The minimum atomic E-state index is -0.515. The molecule has 234 valence electrons. The maximum absolute atomic E-state index is 12.3. The number of rotatable bonds is 4. The molecule has 2 aliphatic carbocycles. The quantitative estimate of drug-likeness (QED) is 0.347. The number of amides is 2. The number of nitrogens with zero attached hydrogens (tertiary/aromatic N) is 4. The van der Waals surface area contributed by atoms with E-state index in [0.29, 0.717) is 57.6 Å². The topological polar surface area (TPSA) is 162 Å². The predicted molar refractivity (Wildman–Crippen MR) is 161 cm³/mol. The maximum Gasteiger partial charge on any atom is 0.282 e. The average molecular weight is 617 g/mol. The van der Waals surface area contributed by atoms with Crippen molar-refractivity contribution in [1.82, 2.24) is 9.80 Å². The smallest absolute Gasteiger partial charge is 0.282 e. The fraction of sp³-hybridized carbons (Fsp3) is 0.406. The number of hydrogen-bond acceptors (Lipinski definition) is 9. The SMILES string of the molecule is CN1Cc2c(C3=CCC(=O)CC3)ccc([N+](=O)[O-])c2C1=O.CN1Cc2c(C3=CCC4(CC3)OCCO4)ccc([N+](=O)[O-])c2C1=O. The van der Waals surface area contributed by atoms with E-state index in [1.54, 1.807) is 26.2 Å². The van der Waals surface area contributed by atoms with E-state index >= 15 is 0 Å². The molecule has 1 fully saturated rings. The largest absolute Gasteiger partial charge is 0.347 e. The van der Waals surface area contributed by atoms with Crippen LogP contribution in [-0.2, 0) is 27.4 Å². The second-order valence-electron chi connectivity index (χ2n) is 11.8. The molecule has 5 aliphatic rings. The lowest BCUT2D eigenvalue weighted by molar-refractivity contribution is -0.385. The Kier molecular flexibility index (Phi) is 7.83. The molecule has 0 saturated carbocycles. The van der Waals surface area contributed by atoms with Crippen molar-refractivity contribution in [2.45, 2.75) is 57.4 Å². The molecule has 0 bridgehead atoms. The predicted octanol–water partition coefficient (Wildman–Crippen LogP) is 4.81. The molecule has 2 aromatic carbocycles. The molecule has 13 nitrogen and oxygen atoms in total. The van der Waals surface area contributed by atoms with Gasteiger partial charge in [-0.3, -0.25) is 34.6 Å². The number of fused-ring (bicyclic) bond motifs is 2. The maximum atomic E-state index is 12.3. The summed E-state index contributed by atoms with van der Waals surface area (Å²) in [6, 6.07) is 6.30. The van der Waals surface area contributed by atoms with Crippen LogP contribution in [0.1, 0.15) is 81.5 Å². The zero-order valence-corrected chi connectivity index (χ0v) is 25.0. The number of ketones is 1. The molecule has 0 N–H and O–H groups in total. The number of benzene rings is 2. The lowest BCUT2D eigenvalue weighted by Gasteiger charge is -2.31. The molecule has 45 heavy (non-hydrogen) atoms. The van der Waals surface area contributed by atoms with Crippen LogP contribution in [0.5, 0.6) is 0 Å². The van der Waals surface area contributed by atoms with E-state index in [4.69, 9.17) is 9.47 Å². The zero-order chi connectivity index (χ0) is 32.0. The van der Waals surface area contributed by atoms with Gasteiger partial charge in [-0.05, 0) is 58.4 Å². The number of carbonyl (C=O) groups excluding carboxylic acids is 3. The van der Waals surface area contributed by atoms with E-state index in [-0.39, 0.29) is 40.1 Å². The van der Waals surface area contributed by atoms with Crippen LogP contribution in [0.3, 0.4) is 0 Å². The lowest BCUT2D eigenvalue weighted by Crippen LogP contribution is -2.31. The second-order valence-corrected chi connectivity index (χ2v) is 11.8. The van der Waals surface area contributed by atoms with Gasteiger partial charge in [0.1, 0.15) is 16.9 Å². The fourth-order valence-corrected chi connectivity index (χ4v) is 6.75. The van der Waals surface area contributed by atoms with Crippen LogP contribution in [0.25, 0.3) is 11.1 Å². The van der Waals surface area contributed by atoms with Crippen LogP contribution >= 0.6 is 0 Å². The number of nitro benzene ring substituents is 2. The van der Waals surface area contributed by atoms with E-state index in [2.05, 4.69) is 6.08 Å². The zero-order valence-electron chi connectivity index (χ0n) is 25.0. The molecular formula is C32H32N4O9. The Morgan fingerprint density at radius 3 is 1.67 bits per heavy atom. The Morgan fingerprint density at radius 1 is 0.733 bits per heavy atom. The first-order valence-corrected chi connectivity index (χ1v) is 14.8. The number of Topliss-reactive ketones (excluding diaryl/α,β-unsaturated/α-hetero) is 1. The Morgan fingerprint density at radius 2 is 1.24 bits per heavy atom.